The highest BCUT2D eigenvalue weighted by molar-refractivity contribution is 7.91. The van der Waals surface area contributed by atoms with Crippen molar-refractivity contribution in [3.8, 4) is 0 Å². The third-order valence-corrected chi connectivity index (χ3v) is 4.91. The van der Waals surface area contributed by atoms with Gasteiger partial charge in [-0.05, 0) is 31.6 Å². The average Bonchev–Trinajstić information content (AvgIpc) is 2.86. The minimum atomic E-state index is -3.02. The zero-order valence-electron chi connectivity index (χ0n) is 8.89. The molecule has 1 saturated carbocycles. The quantitative estimate of drug-likeness (QED) is 0.742. The maximum atomic E-state index is 11.8. The fourth-order valence-corrected chi connectivity index (χ4v) is 3.90. The molecule has 1 aliphatic heterocycles. The Morgan fingerprint density at radius 3 is 2.60 bits per heavy atom. The molecule has 0 aromatic rings. The third kappa shape index (κ3) is 3.43. The van der Waals surface area contributed by atoms with Gasteiger partial charge in [-0.2, -0.15) is 0 Å². The summed E-state index contributed by atoms with van der Waals surface area (Å²) in [5.74, 6) is 0.745. The molecule has 0 bridgehead atoms. The van der Waals surface area contributed by atoms with E-state index in [1.165, 1.54) is 0 Å². The van der Waals surface area contributed by atoms with Crippen LogP contribution in [-0.2, 0) is 14.6 Å². The van der Waals surface area contributed by atoms with Crippen LogP contribution < -0.4 is 5.73 Å². The minimum Gasteiger partial charge on any atom is -0.377 e. The third-order valence-electron chi connectivity index (χ3n) is 3.14. The fraction of sp³-hybridized carbons (Fsp3) is 1.00. The Hall–Kier alpha value is -0.130. The van der Waals surface area contributed by atoms with Crippen LogP contribution in [0.4, 0.5) is 0 Å². The second-order valence-electron chi connectivity index (χ2n) is 4.71. The summed E-state index contributed by atoms with van der Waals surface area (Å²) in [5.41, 5.74) is 5.82. The van der Waals surface area contributed by atoms with Crippen LogP contribution in [0.1, 0.15) is 25.7 Å². The molecule has 2 rings (SSSR count). The van der Waals surface area contributed by atoms with Crippen LogP contribution >= 0.6 is 0 Å². The van der Waals surface area contributed by atoms with Gasteiger partial charge in [0.15, 0.2) is 9.84 Å². The lowest BCUT2D eigenvalue weighted by Crippen LogP contribution is -2.35. The molecule has 15 heavy (non-hydrogen) atoms. The SMILES string of the molecule is NC(CS(=O)(=O)CC1CCCO1)C1CC1. The van der Waals surface area contributed by atoms with Gasteiger partial charge in [0.05, 0.1) is 17.6 Å². The van der Waals surface area contributed by atoms with Gasteiger partial charge in [-0.1, -0.05) is 0 Å². The summed E-state index contributed by atoms with van der Waals surface area (Å²) in [6.07, 6.45) is 3.96. The number of sulfone groups is 1. The zero-order chi connectivity index (χ0) is 10.9. The molecule has 88 valence electrons. The number of hydrogen-bond donors (Lipinski definition) is 1. The Kier molecular flexibility index (Phi) is 3.33. The summed E-state index contributed by atoms with van der Waals surface area (Å²) in [6, 6.07) is -0.156. The predicted octanol–water partition coefficient (Wildman–Crippen LogP) is 0.317. The molecule has 2 fully saturated rings. The maximum Gasteiger partial charge on any atom is 0.154 e. The highest BCUT2D eigenvalue weighted by Crippen LogP contribution is 2.32. The van der Waals surface area contributed by atoms with Crippen LogP contribution in [0.3, 0.4) is 0 Å². The van der Waals surface area contributed by atoms with Crippen molar-refractivity contribution >= 4 is 9.84 Å². The molecule has 0 spiro atoms. The molecule has 1 saturated heterocycles. The van der Waals surface area contributed by atoms with Crippen molar-refractivity contribution < 1.29 is 13.2 Å². The molecule has 0 radical (unpaired) electrons. The Bertz CT molecular complexity index is 295. The molecule has 0 aromatic heterocycles. The van der Waals surface area contributed by atoms with E-state index in [1.807, 2.05) is 0 Å². The number of ether oxygens (including phenoxy) is 1. The van der Waals surface area contributed by atoms with Gasteiger partial charge in [0.25, 0.3) is 0 Å². The lowest BCUT2D eigenvalue weighted by molar-refractivity contribution is 0.127. The summed E-state index contributed by atoms with van der Waals surface area (Å²) < 4.78 is 28.9. The average molecular weight is 233 g/mol. The van der Waals surface area contributed by atoms with E-state index in [2.05, 4.69) is 0 Å². The second-order valence-corrected chi connectivity index (χ2v) is 6.87. The van der Waals surface area contributed by atoms with E-state index in [0.717, 1.165) is 25.7 Å². The van der Waals surface area contributed by atoms with Gasteiger partial charge in [-0.25, -0.2) is 8.42 Å². The normalized spacial score (nSPS) is 29.3. The van der Waals surface area contributed by atoms with E-state index in [-0.39, 0.29) is 23.7 Å². The van der Waals surface area contributed by atoms with Crippen LogP contribution in [0.15, 0.2) is 0 Å². The largest absolute Gasteiger partial charge is 0.377 e. The van der Waals surface area contributed by atoms with Gasteiger partial charge >= 0.3 is 0 Å². The Balaban J connectivity index is 1.82. The molecule has 5 heteroatoms. The minimum absolute atomic E-state index is 0.0820. The molecule has 2 aliphatic rings. The lowest BCUT2D eigenvalue weighted by atomic mass is 10.2. The summed E-state index contributed by atoms with van der Waals surface area (Å²) in [6.45, 7) is 0.703. The standard InChI is InChI=1S/C10H19NO3S/c11-10(8-3-4-8)7-15(12,13)6-9-2-1-5-14-9/h8-10H,1-7,11H2. The van der Waals surface area contributed by atoms with Gasteiger partial charge in [0.2, 0.25) is 0 Å². The van der Waals surface area contributed by atoms with Gasteiger partial charge in [-0.3, -0.25) is 0 Å². The Morgan fingerprint density at radius 2 is 2.07 bits per heavy atom. The molecule has 2 unspecified atom stereocenters. The Morgan fingerprint density at radius 1 is 1.33 bits per heavy atom. The smallest absolute Gasteiger partial charge is 0.154 e. The summed E-state index contributed by atoms with van der Waals surface area (Å²) in [5, 5.41) is 0. The van der Waals surface area contributed by atoms with Crippen LogP contribution in [0.2, 0.25) is 0 Å². The van der Waals surface area contributed by atoms with E-state index in [0.29, 0.717) is 12.5 Å². The van der Waals surface area contributed by atoms with E-state index in [4.69, 9.17) is 10.5 Å². The molecular formula is C10H19NO3S. The first-order chi connectivity index (χ1) is 7.07. The lowest BCUT2D eigenvalue weighted by Gasteiger charge is -2.13. The van der Waals surface area contributed by atoms with E-state index in [1.54, 1.807) is 0 Å². The first kappa shape index (κ1) is 11.4. The van der Waals surface area contributed by atoms with Crippen LogP contribution in [-0.4, -0.2) is 38.7 Å². The maximum absolute atomic E-state index is 11.8. The Labute approximate surface area is 91.1 Å². The van der Waals surface area contributed by atoms with Crippen molar-refractivity contribution in [1.29, 1.82) is 0 Å². The first-order valence-electron chi connectivity index (χ1n) is 5.64. The van der Waals surface area contributed by atoms with Crippen LogP contribution in [0.5, 0.6) is 0 Å². The van der Waals surface area contributed by atoms with Crippen molar-refractivity contribution in [3.05, 3.63) is 0 Å². The molecular weight excluding hydrogens is 214 g/mol. The van der Waals surface area contributed by atoms with Crippen molar-refractivity contribution in [2.24, 2.45) is 11.7 Å². The predicted molar refractivity (Wildman–Crippen MR) is 58.3 cm³/mol. The fourth-order valence-electron chi connectivity index (χ4n) is 2.08. The van der Waals surface area contributed by atoms with Crippen molar-refractivity contribution in [2.75, 3.05) is 18.1 Å². The monoisotopic (exact) mass is 233 g/mol. The molecule has 1 heterocycles. The summed E-state index contributed by atoms with van der Waals surface area (Å²) >= 11 is 0. The number of hydrogen-bond acceptors (Lipinski definition) is 4. The molecule has 0 aromatic carbocycles. The highest BCUT2D eigenvalue weighted by atomic mass is 32.2. The van der Waals surface area contributed by atoms with Crippen molar-refractivity contribution in [1.82, 2.24) is 0 Å². The van der Waals surface area contributed by atoms with Crippen molar-refractivity contribution in [2.45, 2.75) is 37.8 Å². The van der Waals surface area contributed by atoms with E-state index < -0.39 is 9.84 Å². The molecule has 2 atom stereocenters. The van der Waals surface area contributed by atoms with Gasteiger partial charge < -0.3 is 10.5 Å². The molecule has 0 amide bonds. The first-order valence-corrected chi connectivity index (χ1v) is 7.46. The van der Waals surface area contributed by atoms with Crippen LogP contribution in [0.25, 0.3) is 0 Å². The van der Waals surface area contributed by atoms with Gasteiger partial charge in [0, 0.05) is 12.6 Å². The number of nitrogens with two attached hydrogens (primary N) is 1. The van der Waals surface area contributed by atoms with Crippen molar-refractivity contribution in [3.63, 3.8) is 0 Å². The second kappa shape index (κ2) is 4.39. The van der Waals surface area contributed by atoms with Crippen LogP contribution in [0, 0.1) is 5.92 Å². The molecule has 1 aliphatic carbocycles. The summed E-state index contributed by atoms with van der Waals surface area (Å²) in [7, 11) is -3.02. The summed E-state index contributed by atoms with van der Waals surface area (Å²) in [4.78, 5) is 0. The molecule has 2 N–H and O–H groups in total. The molecule has 4 nitrogen and oxygen atoms in total. The van der Waals surface area contributed by atoms with Gasteiger partial charge in [0.1, 0.15) is 0 Å². The van der Waals surface area contributed by atoms with Gasteiger partial charge in [-0.15, -0.1) is 0 Å². The van der Waals surface area contributed by atoms with E-state index >= 15 is 0 Å². The number of rotatable bonds is 5. The highest BCUT2D eigenvalue weighted by Gasteiger charge is 2.33. The topological polar surface area (TPSA) is 69.4 Å². The van der Waals surface area contributed by atoms with E-state index in [9.17, 15) is 8.42 Å². The zero-order valence-corrected chi connectivity index (χ0v) is 9.71.